The molecule has 0 radical (unpaired) electrons. The lowest BCUT2D eigenvalue weighted by Gasteiger charge is -2.11. The number of carbonyl (C=O) groups excluding carboxylic acids is 1. The summed E-state index contributed by atoms with van der Waals surface area (Å²) < 4.78 is 5.39. The highest BCUT2D eigenvalue weighted by molar-refractivity contribution is 6.14. The maximum atomic E-state index is 12.6. The highest BCUT2D eigenvalue weighted by atomic mass is 16.5. The first kappa shape index (κ1) is 16.7. The maximum absolute atomic E-state index is 12.6. The van der Waals surface area contributed by atoms with Crippen molar-refractivity contribution in [1.82, 2.24) is 0 Å². The zero-order valence-corrected chi connectivity index (χ0v) is 14.1. The molecule has 0 unspecified atom stereocenters. The number of nitrogens with zero attached hydrogens (tertiary/aromatic N) is 2. The lowest BCUT2D eigenvalue weighted by Crippen LogP contribution is -2.09. The molecule has 4 nitrogen and oxygen atoms in total. The minimum absolute atomic E-state index is 0.0781. The molecule has 0 heterocycles. The van der Waals surface area contributed by atoms with Crippen LogP contribution in [0.3, 0.4) is 0 Å². The molecule has 0 aliphatic heterocycles. The topological polar surface area (TPSA) is 73.9 Å². The van der Waals surface area contributed by atoms with Gasteiger partial charge in [-0.25, -0.2) is 4.79 Å². The average molecular weight is 330 g/mol. The van der Waals surface area contributed by atoms with Crippen LogP contribution in [-0.2, 0) is 4.74 Å². The van der Waals surface area contributed by atoms with E-state index >= 15 is 0 Å². The van der Waals surface area contributed by atoms with Crippen LogP contribution in [0.25, 0.3) is 11.1 Å². The molecule has 25 heavy (non-hydrogen) atoms. The van der Waals surface area contributed by atoms with Gasteiger partial charge in [0.05, 0.1) is 12.2 Å². The van der Waals surface area contributed by atoms with Crippen molar-refractivity contribution in [2.45, 2.75) is 32.6 Å². The lowest BCUT2D eigenvalue weighted by atomic mass is 9.93. The second kappa shape index (κ2) is 7.20. The third-order valence-electron chi connectivity index (χ3n) is 4.45. The van der Waals surface area contributed by atoms with Gasteiger partial charge in [-0.1, -0.05) is 37.6 Å². The molecule has 1 aromatic carbocycles. The van der Waals surface area contributed by atoms with Crippen LogP contribution in [0.4, 0.5) is 0 Å². The Morgan fingerprint density at radius 2 is 1.88 bits per heavy atom. The summed E-state index contributed by atoms with van der Waals surface area (Å²) in [4.78, 5) is 12.6. The van der Waals surface area contributed by atoms with Crippen LogP contribution in [0.5, 0.6) is 0 Å². The number of esters is 1. The molecule has 0 N–H and O–H groups in total. The van der Waals surface area contributed by atoms with Crippen molar-refractivity contribution in [1.29, 1.82) is 10.5 Å². The molecule has 0 saturated heterocycles. The fraction of sp³-hybridized carbons (Fsp3) is 0.286. The van der Waals surface area contributed by atoms with E-state index in [4.69, 9.17) is 4.74 Å². The van der Waals surface area contributed by atoms with Crippen LogP contribution < -0.4 is 0 Å². The summed E-state index contributed by atoms with van der Waals surface area (Å²) in [7, 11) is 0. The average Bonchev–Trinajstić information content (AvgIpc) is 2.98. The maximum Gasteiger partial charge on any atom is 0.338 e. The van der Waals surface area contributed by atoms with Crippen molar-refractivity contribution in [3.8, 4) is 12.1 Å². The third kappa shape index (κ3) is 2.88. The minimum atomic E-state index is -0.354. The molecule has 0 fully saturated rings. The van der Waals surface area contributed by atoms with Crippen molar-refractivity contribution in [2.24, 2.45) is 0 Å². The molecule has 0 bridgehead atoms. The quantitative estimate of drug-likeness (QED) is 0.461. The highest BCUT2D eigenvalue weighted by Gasteiger charge is 2.33. The molecular weight excluding hydrogens is 312 g/mol. The van der Waals surface area contributed by atoms with E-state index in [9.17, 15) is 15.3 Å². The lowest BCUT2D eigenvalue weighted by molar-refractivity contribution is 0.0499. The van der Waals surface area contributed by atoms with Gasteiger partial charge in [-0.2, -0.15) is 10.5 Å². The molecule has 124 valence electrons. The first-order valence-electron chi connectivity index (χ1n) is 8.49. The Kier molecular flexibility index (Phi) is 4.82. The number of ether oxygens (including phenoxy) is 1. The Morgan fingerprint density at radius 1 is 1.16 bits per heavy atom. The molecule has 0 amide bonds. The van der Waals surface area contributed by atoms with E-state index in [1.807, 2.05) is 31.2 Å². The fourth-order valence-electron chi connectivity index (χ4n) is 3.31. The van der Waals surface area contributed by atoms with Gasteiger partial charge in [-0.3, -0.25) is 0 Å². The smallest absolute Gasteiger partial charge is 0.338 e. The predicted molar refractivity (Wildman–Crippen MR) is 95.1 cm³/mol. The second-order valence-electron chi connectivity index (χ2n) is 6.00. The number of benzene rings is 1. The number of fused-ring (bicyclic) bond motifs is 3. The van der Waals surface area contributed by atoms with Crippen molar-refractivity contribution < 1.29 is 9.53 Å². The van der Waals surface area contributed by atoms with Gasteiger partial charge in [0.1, 0.15) is 17.7 Å². The Balaban J connectivity index is 2.16. The van der Waals surface area contributed by atoms with Crippen molar-refractivity contribution in [2.75, 3.05) is 6.61 Å². The summed E-state index contributed by atoms with van der Waals surface area (Å²) in [6, 6.07) is 9.38. The highest BCUT2D eigenvalue weighted by Crippen LogP contribution is 2.49. The van der Waals surface area contributed by atoms with Gasteiger partial charge in [0.25, 0.3) is 0 Å². The summed E-state index contributed by atoms with van der Waals surface area (Å²) in [6.07, 6.45) is 7.64. The summed E-state index contributed by atoms with van der Waals surface area (Å²) in [5.74, 6) is -0.354. The number of carbonyl (C=O) groups is 1. The fourth-order valence-corrected chi connectivity index (χ4v) is 3.31. The summed E-state index contributed by atoms with van der Waals surface area (Å²) in [6.45, 7) is 2.44. The number of hydrogen-bond acceptors (Lipinski definition) is 4. The van der Waals surface area contributed by atoms with Gasteiger partial charge < -0.3 is 4.74 Å². The van der Waals surface area contributed by atoms with E-state index in [2.05, 4.69) is 6.08 Å². The van der Waals surface area contributed by atoms with Crippen molar-refractivity contribution in [3.05, 3.63) is 58.2 Å². The first-order valence-corrected chi connectivity index (χ1v) is 8.49. The third-order valence-corrected chi connectivity index (χ3v) is 4.45. The van der Waals surface area contributed by atoms with Crippen molar-refractivity contribution >= 4 is 17.1 Å². The Labute approximate surface area is 147 Å². The summed E-state index contributed by atoms with van der Waals surface area (Å²) >= 11 is 0. The normalized spacial score (nSPS) is 14.4. The van der Waals surface area contributed by atoms with Gasteiger partial charge in [-0.15, -0.1) is 0 Å². The molecular formula is C21H18N2O2. The number of allylic oxidation sites excluding steroid dienone is 6. The Hall–Kier alpha value is -3.11. The van der Waals surface area contributed by atoms with E-state index < -0.39 is 0 Å². The second-order valence-corrected chi connectivity index (χ2v) is 6.00. The largest absolute Gasteiger partial charge is 0.462 e. The van der Waals surface area contributed by atoms with Crippen LogP contribution >= 0.6 is 0 Å². The van der Waals surface area contributed by atoms with Gasteiger partial charge in [0.2, 0.25) is 0 Å². The summed E-state index contributed by atoms with van der Waals surface area (Å²) in [5, 5.41) is 18.7. The van der Waals surface area contributed by atoms with Crippen molar-refractivity contribution in [3.63, 3.8) is 0 Å². The van der Waals surface area contributed by atoms with E-state index in [1.165, 1.54) is 0 Å². The first-order chi connectivity index (χ1) is 12.2. The van der Waals surface area contributed by atoms with Crippen LogP contribution in [0.1, 0.15) is 54.1 Å². The van der Waals surface area contributed by atoms with Gasteiger partial charge in [0, 0.05) is 11.1 Å². The van der Waals surface area contributed by atoms with E-state index in [1.54, 1.807) is 12.1 Å². The van der Waals surface area contributed by atoms with Crippen LogP contribution in [0.15, 0.2) is 41.5 Å². The van der Waals surface area contributed by atoms with E-state index in [0.29, 0.717) is 17.7 Å². The summed E-state index contributed by atoms with van der Waals surface area (Å²) in [5.41, 5.74) is 4.58. The van der Waals surface area contributed by atoms with E-state index in [-0.39, 0.29) is 11.5 Å². The monoisotopic (exact) mass is 330 g/mol. The Bertz CT molecular complexity index is 889. The number of nitriles is 2. The number of unbranched alkanes of at least 4 members (excludes halogenated alkanes) is 1. The Morgan fingerprint density at radius 3 is 2.56 bits per heavy atom. The molecule has 2 aliphatic carbocycles. The number of rotatable bonds is 4. The molecule has 0 aromatic heterocycles. The van der Waals surface area contributed by atoms with Crippen LogP contribution in [0.2, 0.25) is 0 Å². The van der Waals surface area contributed by atoms with Gasteiger partial charge >= 0.3 is 5.97 Å². The molecule has 0 saturated carbocycles. The zero-order valence-electron chi connectivity index (χ0n) is 14.1. The zero-order chi connectivity index (χ0) is 17.8. The minimum Gasteiger partial charge on any atom is -0.462 e. The molecule has 3 rings (SSSR count). The molecule has 1 aromatic rings. The molecule has 0 atom stereocenters. The molecule has 4 heteroatoms. The molecule has 2 aliphatic rings. The standard InChI is InChI=1S/C21H18N2O2/c1-2-3-11-25-21(24)18-10-6-9-17-19(14(12-22)13-23)15-7-4-5-8-16(15)20(17)18/h6-10H,2-5,11H2,1H3. The molecule has 0 spiro atoms. The number of hydrogen-bond donors (Lipinski definition) is 0. The van der Waals surface area contributed by atoms with Gasteiger partial charge in [-0.05, 0) is 42.0 Å². The predicted octanol–water partition coefficient (Wildman–Crippen LogP) is 4.56. The SMILES string of the molecule is CCCCOC(=O)c1cccc2c1C1=CCCC=C1C2=C(C#N)C#N. The van der Waals surface area contributed by atoms with Crippen LogP contribution in [-0.4, -0.2) is 12.6 Å². The van der Waals surface area contributed by atoms with Gasteiger partial charge in [0.15, 0.2) is 0 Å². The van der Waals surface area contributed by atoms with E-state index in [0.717, 1.165) is 48.0 Å². The van der Waals surface area contributed by atoms with Crippen LogP contribution in [0, 0.1) is 22.7 Å².